The normalized spacial score (nSPS) is 10.6. The quantitative estimate of drug-likeness (QED) is 0.503. The summed E-state index contributed by atoms with van der Waals surface area (Å²) in [6.45, 7) is 0.525. The van der Waals surface area contributed by atoms with Crippen molar-refractivity contribution in [3.05, 3.63) is 90.0 Å². The Bertz CT molecular complexity index is 815. The van der Waals surface area contributed by atoms with Gasteiger partial charge in [-0.3, -0.25) is 5.43 Å². The lowest BCUT2D eigenvalue weighted by Gasteiger charge is -2.09. The van der Waals surface area contributed by atoms with Gasteiger partial charge in [0.25, 0.3) is 0 Å². The second-order valence-corrected chi connectivity index (χ2v) is 5.41. The number of hydrogen-bond acceptors (Lipinski definition) is 4. The number of ether oxygens (including phenoxy) is 2. The summed E-state index contributed by atoms with van der Waals surface area (Å²) in [6, 6.07) is 25.5. The molecule has 0 saturated heterocycles. The van der Waals surface area contributed by atoms with Crippen LogP contribution in [0.5, 0.6) is 11.5 Å². The Labute approximate surface area is 147 Å². The van der Waals surface area contributed by atoms with Crippen molar-refractivity contribution in [3.8, 4) is 11.5 Å². The van der Waals surface area contributed by atoms with E-state index in [1.807, 2.05) is 78.9 Å². The lowest BCUT2D eigenvalue weighted by molar-refractivity contribution is 0.306. The molecule has 0 amide bonds. The van der Waals surface area contributed by atoms with E-state index in [1.54, 1.807) is 13.3 Å². The average Bonchev–Trinajstić information content (AvgIpc) is 2.68. The van der Waals surface area contributed by atoms with Crippen LogP contribution in [-0.4, -0.2) is 13.3 Å². The van der Waals surface area contributed by atoms with Gasteiger partial charge in [0.1, 0.15) is 18.1 Å². The van der Waals surface area contributed by atoms with Gasteiger partial charge in [0.15, 0.2) is 0 Å². The number of nitrogens with zero attached hydrogens (tertiary/aromatic N) is 1. The SMILES string of the molecule is COc1ccc(N/N=C/c2ccccc2OCc2ccccc2)cc1. The van der Waals surface area contributed by atoms with Gasteiger partial charge in [0.05, 0.1) is 19.0 Å². The molecule has 0 unspecified atom stereocenters. The topological polar surface area (TPSA) is 42.8 Å². The molecule has 0 heterocycles. The van der Waals surface area contributed by atoms with Crippen LogP contribution in [0.25, 0.3) is 0 Å². The minimum Gasteiger partial charge on any atom is -0.497 e. The van der Waals surface area contributed by atoms with E-state index in [1.165, 1.54) is 0 Å². The minimum absolute atomic E-state index is 0.525. The first-order valence-electron chi connectivity index (χ1n) is 8.04. The largest absolute Gasteiger partial charge is 0.497 e. The van der Waals surface area contributed by atoms with Gasteiger partial charge in [-0.1, -0.05) is 42.5 Å². The lowest BCUT2D eigenvalue weighted by atomic mass is 10.2. The van der Waals surface area contributed by atoms with Gasteiger partial charge < -0.3 is 9.47 Å². The van der Waals surface area contributed by atoms with Crippen molar-refractivity contribution in [2.75, 3.05) is 12.5 Å². The summed E-state index contributed by atoms with van der Waals surface area (Å²) in [7, 11) is 1.65. The summed E-state index contributed by atoms with van der Waals surface area (Å²) in [5.41, 5.74) is 5.94. The Morgan fingerprint density at radius 1 is 0.880 bits per heavy atom. The minimum atomic E-state index is 0.525. The molecule has 3 aromatic carbocycles. The number of rotatable bonds is 7. The van der Waals surface area contributed by atoms with Crippen LogP contribution >= 0.6 is 0 Å². The highest BCUT2D eigenvalue weighted by Gasteiger charge is 2.01. The molecule has 0 fully saturated rings. The number of nitrogens with one attached hydrogen (secondary N) is 1. The number of hydrogen-bond donors (Lipinski definition) is 1. The van der Waals surface area contributed by atoms with E-state index in [0.717, 1.165) is 28.3 Å². The van der Waals surface area contributed by atoms with Crippen LogP contribution in [-0.2, 0) is 6.61 Å². The molecule has 4 heteroatoms. The Morgan fingerprint density at radius 3 is 2.36 bits per heavy atom. The van der Waals surface area contributed by atoms with Gasteiger partial charge in [-0.25, -0.2) is 0 Å². The Morgan fingerprint density at radius 2 is 1.60 bits per heavy atom. The second kappa shape index (κ2) is 8.55. The third-order valence-corrected chi connectivity index (χ3v) is 3.64. The lowest BCUT2D eigenvalue weighted by Crippen LogP contribution is -1.99. The van der Waals surface area contributed by atoms with E-state index in [0.29, 0.717) is 6.61 Å². The summed E-state index contributed by atoms with van der Waals surface area (Å²) >= 11 is 0. The number of benzene rings is 3. The summed E-state index contributed by atoms with van der Waals surface area (Å²) in [6.07, 6.45) is 1.75. The molecule has 3 aromatic rings. The molecule has 0 aliphatic carbocycles. The van der Waals surface area contributed by atoms with E-state index in [9.17, 15) is 0 Å². The predicted molar refractivity (Wildman–Crippen MR) is 101 cm³/mol. The maximum atomic E-state index is 5.92. The van der Waals surface area contributed by atoms with E-state index in [4.69, 9.17) is 9.47 Å². The fraction of sp³-hybridized carbons (Fsp3) is 0.0952. The number of hydrazone groups is 1. The zero-order chi connectivity index (χ0) is 17.3. The molecule has 0 radical (unpaired) electrons. The highest BCUT2D eigenvalue weighted by atomic mass is 16.5. The van der Waals surface area contributed by atoms with Gasteiger partial charge in [-0.05, 0) is 42.0 Å². The van der Waals surface area contributed by atoms with Gasteiger partial charge in [0.2, 0.25) is 0 Å². The van der Waals surface area contributed by atoms with E-state index in [2.05, 4.69) is 10.5 Å². The zero-order valence-corrected chi connectivity index (χ0v) is 14.1. The van der Waals surface area contributed by atoms with Crippen molar-refractivity contribution in [3.63, 3.8) is 0 Å². The molecule has 0 aliphatic rings. The van der Waals surface area contributed by atoms with Crippen molar-refractivity contribution >= 4 is 11.9 Å². The first-order valence-corrected chi connectivity index (χ1v) is 8.04. The second-order valence-electron chi connectivity index (χ2n) is 5.41. The van der Waals surface area contributed by atoms with Crippen molar-refractivity contribution in [1.82, 2.24) is 0 Å². The van der Waals surface area contributed by atoms with Crippen LogP contribution in [0.4, 0.5) is 5.69 Å². The number of anilines is 1. The molecule has 0 aliphatic heterocycles. The third-order valence-electron chi connectivity index (χ3n) is 3.64. The molecular weight excluding hydrogens is 312 g/mol. The van der Waals surface area contributed by atoms with Crippen molar-refractivity contribution in [2.24, 2.45) is 5.10 Å². The monoisotopic (exact) mass is 332 g/mol. The molecule has 0 saturated carbocycles. The highest BCUT2D eigenvalue weighted by molar-refractivity contribution is 5.84. The maximum absolute atomic E-state index is 5.92. The molecule has 1 N–H and O–H groups in total. The first kappa shape index (κ1) is 16.6. The molecule has 0 spiro atoms. The number of para-hydroxylation sites is 1. The Balaban J connectivity index is 1.63. The first-order chi connectivity index (χ1) is 12.3. The molecule has 0 aromatic heterocycles. The molecule has 126 valence electrons. The van der Waals surface area contributed by atoms with Gasteiger partial charge in [-0.2, -0.15) is 5.10 Å². The summed E-state index contributed by atoms with van der Waals surface area (Å²) in [4.78, 5) is 0. The van der Waals surface area contributed by atoms with Crippen LogP contribution < -0.4 is 14.9 Å². The van der Waals surface area contributed by atoms with Crippen molar-refractivity contribution in [2.45, 2.75) is 6.61 Å². The molecule has 4 nitrogen and oxygen atoms in total. The van der Waals surface area contributed by atoms with Crippen LogP contribution in [0.3, 0.4) is 0 Å². The Hall–Kier alpha value is -3.27. The van der Waals surface area contributed by atoms with E-state index < -0.39 is 0 Å². The van der Waals surface area contributed by atoms with Crippen LogP contribution in [0.1, 0.15) is 11.1 Å². The Kier molecular flexibility index (Phi) is 5.67. The molecular formula is C21H20N2O2. The summed E-state index contributed by atoms with van der Waals surface area (Å²) < 4.78 is 11.1. The van der Waals surface area contributed by atoms with E-state index in [-0.39, 0.29) is 0 Å². The fourth-order valence-corrected chi connectivity index (χ4v) is 2.30. The smallest absolute Gasteiger partial charge is 0.128 e. The third kappa shape index (κ3) is 4.85. The van der Waals surface area contributed by atoms with Crippen molar-refractivity contribution < 1.29 is 9.47 Å². The summed E-state index contributed by atoms with van der Waals surface area (Å²) in [5, 5.41) is 4.29. The fourth-order valence-electron chi connectivity index (χ4n) is 2.30. The molecule has 0 atom stereocenters. The zero-order valence-electron chi connectivity index (χ0n) is 14.1. The van der Waals surface area contributed by atoms with Crippen LogP contribution in [0.15, 0.2) is 84.0 Å². The van der Waals surface area contributed by atoms with Gasteiger partial charge in [0, 0.05) is 5.56 Å². The maximum Gasteiger partial charge on any atom is 0.128 e. The van der Waals surface area contributed by atoms with Crippen molar-refractivity contribution in [1.29, 1.82) is 0 Å². The average molecular weight is 332 g/mol. The van der Waals surface area contributed by atoms with Gasteiger partial charge >= 0.3 is 0 Å². The van der Waals surface area contributed by atoms with E-state index >= 15 is 0 Å². The van der Waals surface area contributed by atoms with Crippen LogP contribution in [0, 0.1) is 0 Å². The summed E-state index contributed by atoms with van der Waals surface area (Å²) in [5.74, 6) is 1.61. The predicted octanol–water partition coefficient (Wildman–Crippen LogP) is 4.72. The molecule has 3 rings (SSSR count). The van der Waals surface area contributed by atoms with Gasteiger partial charge in [-0.15, -0.1) is 0 Å². The standard InChI is InChI=1S/C21H20N2O2/c1-24-20-13-11-19(12-14-20)23-22-15-18-9-5-6-10-21(18)25-16-17-7-3-2-4-8-17/h2-15,23H,16H2,1H3/b22-15+. The molecule has 25 heavy (non-hydrogen) atoms. The molecule has 0 bridgehead atoms. The number of methoxy groups -OCH3 is 1. The highest BCUT2D eigenvalue weighted by Crippen LogP contribution is 2.18. The van der Waals surface area contributed by atoms with Crippen LogP contribution in [0.2, 0.25) is 0 Å².